The molecule has 0 aliphatic carbocycles. The summed E-state index contributed by atoms with van der Waals surface area (Å²) in [7, 11) is 1.64. The van der Waals surface area contributed by atoms with Gasteiger partial charge in [0.15, 0.2) is 11.4 Å². The first kappa shape index (κ1) is 14.4. The van der Waals surface area contributed by atoms with E-state index in [1.807, 2.05) is 43.5 Å². The minimum Gasteiger partial charge on any atom is -0.497 e. The molecule has 1 aromatic carbocycles. The minimum absolute atomic E-state index is 0.305. The molecule has 0 fully saturated rings. The number of nitrogens with zero attached hydrogens (tertiary/aromatic N) is 3. The van der Waals surface area contributed by atoms with Crippen molar-refractivity contribution in [1.82, 2.24) is 14.6 Å². The Morgan fingerprint density at radius 3 is 2.64 bits per heavy atom. The van der Waals surface area contributed by atoms with Crippen LogP contribution in [0.5, 0.6) is 17.2 Å². The van der Waals surface area contributed by atoms with Crippen LogP contribution in [-0.2, 0) is 0 Å². The van der Waals surface area contributed by atoms with Gasteiger partial charge in [0, 0.05) is 12.1 Å². The van der Waals surface area contributed by atoms with Gasteiger partial charge in [-0.25, -0.2) is 9.50 Å². The van der Waals surface area contributed by atoms with Gasteiger partial charge in [0.2, 0.25) is 0 Å². The number of fused-ring (bicyclic) bond motifs is 1. The van der Waals surface area contributed by atoms with Crippen molar-refractivity contribution < 1.29 is 9.47 Å². The summed E-state index contributed by atoms with van der Waals surface area (Å²) in [4.78, 5) is 4.50. The number of hydrogen-bond donors (Lipinski definition) is 0. The highest BCUT2D eigenvalue weighted by Gasteiger charge is 2.13. The summed E-state index contributed by atoms with van der Waals surface area (Å²) in [5.41, 5.74) is 2.58. The molecule has 3 aromatic rings. The Bertz CT molecular complexity index is 809. The molecule has 2 aromatic heterocycles. The molecule has 0 radical (unpaired) electrons. The van der Waals surface area contributed by atoms with Crippen molar-refractivity contribution >= 4 is 5.65 Å². The van der Waals surface area contributed by atoms with Crippen molar-refractivity contribution in [1.29, 1.82) is 0 Å². The summed E-state index contributed by atoms with van der Waals surface area (Å²) < 4.78 is 13.0. The number of methoxy groups -OCH3 is 1. The molecule has 5 nitrogen and oxygen atoms in total. The summed E-state index contributed by atoms with van der Waals surface area (Å²) in [6.07, 6.45) is 1.90. The van der Waals surface area contributed by atoms with Crippen molar-refractivity contribution in [2.75, 3.05) is 7.11 Å². The van der Waals surface area contributed by atoms with E-state index < -0.39 is 0 Å². The second kappa shape index (κ2) is 5.67. The SMILES string of the molecule is COc1cccc(Oc2cc(C(C)C)nn3cc(C)nc23)c1. The molecule has 0 N–H and O–H groups in total. The molecule has 114 valence electrons. The van der Waals surface area contributed by atoms with Gasteiger partial charge in [0.1, 0.15) is 11.5 Å². The lowest BCUT2D eigenvalue weighted by atomic mass is 10.1. The van der Waals surface area contributed by atoms with Gasteiger partial charge in [-0.3, -0.25) is 0 Å². The first-order valence-electron chi connectivity index (χ1n) is 7.25. The fraction of sp³-hybridized carbons (Fsp3) is 0.294. The monoisotopic (exact) mass is 297 g/mol. The zero-order valence-corrected chi connectivity index (χ0v) is 13.2. The van der Waals surface area contributed by atoms with E-state index in [1.54, 1.807) is 11.6 Å². The largest absolute Gasteiger partial charge is 0.497 e. The molecular weight excluding hydrogens is 278 g/mol. The number of ether oxygens (including phenoxy) is 2. The molecule has 0 aliphatic rings. The van der Waals surface area contributed by atoms with Crippen LogP contribution in [0.3, 0.4) is 0 Å². The molecule has 0 spiro atoms. The molecule has 0 saturated heterocycles. The van der Waals surface area contributed by atoms with Crippen LogP contribution in [0.25, 0.3) is 5.65 Å². The maximum Gasteiger partial charge on any atom is 0.197 e. The van der Waals surface area contributed by atoms with Crippen LogP contribution in [0.2, 0.25) is 0 Å². The molecule has 0 unspecified atom stereocenters. The van der Waals surface area contributed by atoms with Crippen molar-refractivity contribution in [2.24, 2.45) is 0 Å². The lowest BCUT2D eigenvalue weighted by Gasteiger charge is -2.11. The second-order valence-electron chi connectivity index (χ2n) is 5.52. The Hall–Kier alpha value is -2.56. The van der Waals surface area contributed by atoms with Gasteiger partial charge in [-0.1, -0.05) is 19.9 Å². The van der Waals surface area contributed by atoms with E-state index in [4.69, 9.17) is 9.47 Å². The maximum atomic E-state index is 6.03. The highest BCUT2D eigenvalue weighted by atomic mass is 16.5. The van der Waals surface area contributed by atoms with Crippen molar-refractivity contribution in [3.05, 3.63) is 47.9 Å². The van der Waals surface area contributed by atoms with E-state index in [1.165, 1.54) is 0 Å². The molecule has 3 rings (SSSR count). The normalized spacial score (nSPS) is 11.1. The van der Waals surface area contributed by atoms with Gasteiger partial charge in [0.05, 0.1) is 24.7 Å². The molecule has 0 amide bonds. The van der Waals surface area contributed by atoms with E-state index >= 15 is 0 Å². The minimum atomic E-state index is 0.305. The predicted octanol–water partition coefficient (Wildman–Crippen LogP) is 3.96. The standard InChI is InChI=1S/C17H19N3O2/c1-11(2)15-9-16(17-18-12(3)10-20(17)19-15)22-14-7-5-6-13(8-14)21-4/h5-11H,1-4H3. The lowest BCUT2D eigenvalue weighted by molar-refractivity contribution is 0.409. The predicted molar refractivity (Wildman–Crippen MR) is 84.9 cm³/mol. The van der Waals surface area contributed by atoms with Crippen LogP contribution >= 0.6 is 0 Å². The molecular formula is C17H19N3O2. The summed E-state index contributed by atoms with van der Waals surface area (Å²) in [6, 6.07) is 9.47. The van der Waals surface area contributed by atoms with Gasteiger partial charge >= 0.3 is 0 Å². The average molecular weight is 297 g/mol. The third-order valence-corrected chi connectivity index (χ3v) is 3.39. The van der Waals surface area contributed by atoms with Gasteiger partial charge in [-0.05, 0) is 25.0 Å². The third-order valence-electron chi connectivity index (χ3n) is 3.39. The Kier molecular flexibility index (Phi) is 3.71. The number of imidazole rings is 1. The number of benzene rings is 1. The molecule has 0 atom stereocenters. The third kappa shape index (κ3) is 2.74. The van der Waals surface area contributed by atoms with Gasteiger partial charge in [-0.15, -0.1) is 0 Å². The van der Waals surface area contributed by atoms with Crippen molar-refractivity contribution in [3.8, 4) is 17.2 Å². The molecule has 2 heterocycles. The molecule has 5 heteroatoms. The average Bonchev–Trinajstić information content (AvgIpc) is 2.88. The molecule has 0 saturated carbocycles. The Balaban J connectivity index is 2.07. The quantitative estimate of drug-likeness (QED) is 0.731. The number of aryl methyl sites for hydroxylation is 1. The van der Waals surface area contributed by atoms with Crippen LogP contribution in [0, 0.1) is 6.92 Å². The molecule has 0 aliphatic heterocycles. The zero-order valence-electron chi connectivity index (χ0n) is 13.2. The highest BCUT2D eigenvalue weighted by Crippen LogP contribution is 2.29. The van der Waals surface area contributed by atoms with E-state index in [-0.39, 0.29) is 0 Å². The number of hydrogen-bond acceptors (Lipinski definition) is 4. The second-order valence-corrected chi connectivity index (χ2v) is 5.52. The van der Waals surface area contributed by atoms with Crippen molar-refractivity contribution in [2.45, 2.75) is 26.7 Å². The van der Waals surface area contributed by atoms with Crippen molar-refractivity contribution in [3.63, 3.8) is 0 Å². The van der Waals surface area contributed by atoms with Gasteiger partial charge in [-0.2, -0.15) is 5.10 Å². The van der Waals surface area contributed by atoms with Crippen LogP contribution in [0.1, 0.15) is 31.2 Å². The lowest BCUT2D eigenvalue weighted by Crippen LogP contribution is -2.01. The van der Waals surface area contributed by atoms with Crippen LogP contribution in [0.15, 0.2) is 36.5 Å². The Labute approximate surface area is 129 Å². The van der Waals surface area contributed by atoms with Gasteiger partial charge in [0.25, 0.3) is 0 Å². The van der Waals surface area contributed by atoms with Gasteiger partial charge < -0.3 is 9.47 Å². The highest BCUT2D eigenvalue weighted by molar-refractivity contribution is 5.56. The van der Waals surface area contributed by atoms with E-state index in [9.17, 15) is 0 Å². The molecule has 22 heavy (non-hydrogen) atoms. The Morgan fingerprint density at radius 2 is 1.91 bits per heavy atom. The smallest absolute Gasteiger partial charge is 0.197 e. The van der Waals surface area contributed by atoms with Crippen LogP contribution in [0.4, 0.5) is 0 Å². The summed E-state index contributed by atoms with van der Waals surface area (Å²) in [5.74, 6) is 2.47. The number of aromatic nitrogens is 3. The van der Waals surface area contributed by atoms with E-state index in [2.05, 4.69) is 23.9 Å². The maximum absolute atomic E-state index is 6.03. The first-order valence-corrected chi connectivity index (χ1v) is 7.25. The Morgan fingerprint density at radius 1 is 1.14 bits per heavy atom. The summed E-state index contributed by atoms with van der Waals surface area (Å²) >= 11 is 0. The topological polar surface area (TPSA) is 48.7 Å². The van der Waals surface area contributed by atoms with Crippen LogP contribution in [-0.4, -0.2) is 21.7 Å². The fourth-order valence-electron chi connectivity index (χ4n) is 2.23. The summed E-state index contributed by atoms with van der Waals surface area (Å²) in [6.45, 7) is 6.15. The van der Waals surface area contributed by atoms with E-state index in [0.717, 1.165) is 17.1 Å². The number of rotatable bonds is 4. The molecule has 0 bridgehead atoms. The zero-order chi connectivity index (χ0) is 15.7. The summed E-state index contributed by atoms with van der Waals surface area (Å²) in [5, 5.41) is 4.58. The fourth-order valence-corrected chi connectivity index (χ4v) is 2.23. The van der Waals surface area contributed by atoms with Crippen LogP contribution < -0.4 is 9.47 Å². The first-order chi connectivity index (χ1) is 10.6. The van der Waals surface area contributed by atoms with E-state index in [0.29, 0.717) is 23.1 Å².